The van der Waals surface area contributed by atoms with Crippen LogP contribution in [0, 0.1) is 0 Å². The van der Waals surface area contributed by atoms with Crippen molar-refractivity contribution >= 4 is 17.3 Å². The highest BCUT2D eigenvalue weighted by atomic mass is 35.5. The topological polar surface area (TPSA) is 29.3 Å². The molecule has 1 heterocycles. The van der Waals surface area contributed by atoms with Gasteiger partial charge in [0.1, 0.15) is 0 Å². The fourth-order valence-corrected chi connectivity index (χ4v) is 3.22. The highest BCUT2D eigenvalue weighted by Crippen LogP contribution is 2.33. The molecule has 1 fully saturated rings. The lowest BCUT2D eigenvalue weighted by Gasteiger charge is -2.39. The fraction of sp³-hybridized carbons (Fsp3) is 0.600. The van der Waals surface area contributed by atoms with Crippen molar-refractivity contribution in [3.05, 3.63) is 28.8 Å². The van der Waals surface area contributed by atoms with Crippen LogP contribution in [0.5, 0.6) is 0 Å². The molecule has 1 aromatic rings. The standard InChI is InChI=1S/C15H23ClN2/c1-2-6-12-7-3-4-10-18(12)15-9-5-8-14(16)13(15)11-17/h5,8-9,12H,2-4,6-7,10-11,17H2,1H3. The first-order chi connectivity index (χ1) is 8.77. The van der Waals surface area contributed by atoms with Gasteiger partial charge in [-0.3, -0.25) is 0 Å². The van der Waals surface area contributed by atoms with Gasteiger partial charge in [-0.25, -0.2) is 0 Å². The Morgan fingerprint density at radius 3 is 2.94 bits per heavy atom. The molecule has 0 saturated carbocycles. The molecular weight excluding hydrogens is 244 g/mol. The summed E-state index contributed by atoms with van der Waals surface area (Å²) in [5.41, 5.74) is 8.22. The second-order valence-corrected chi connectivity index (χ2v) is 5.48. The first-order valence-electron chi connectivity index (χ1n) is 7.02. The minimum absolute atomic E-state index is 0.518. The van der Waals surface area contributed by atoms with Crippen LogP contribution < -0.4 is 10.6 Å². The molecule has 2 rings (SSSR count). The van der Waals surface area contributed by atoms with E-state index in [4.69, 9.17) is 17.3 Å². The third-order valence-corrected chi connectivity index (χ3v) is 4.21. The fourth-order valence-electron chi connectivity index (χ4n) is 2.97. The van der Waals surface area contributed by atoms with Crippen LogP contribution in [-0.4, -0.2) is 12.6 Å². The number of halogens is 1. The Balaban J connectivity index is 2.30. The molecule has 18 heavy (non-hydrogen) atoms. The summed E-state index contributed by atoms with van der Waals surface area (Å²) in [4.78, 5) is 2.53. The Bertz CT molecular complexity index is 390. The summed E-state index contributed by atoms with van der Waals surface area (Å²) in [5.74, 6) is 0. The van der Waals surface area contributed by atoms with Crippen molar-refractivity contribution < 1.29 is 0 Å². The van der Waals surface area contributed by atoms with Gasteiger partial charge in [-0.1, -0.05) is 31.0 Å². The SMILES string of the molecule is CCCC1CCCCN1c1cccc(Cl)c1CN. The average molecular weight is 267 g/mol. The quantitative estimate of drug-likeness (QED) is 0.894. The van der Waals surface area contributed by atoms with Gasteiger partial charge in [-0.2, -0.15) is 0 Å². The van der Waals surface area contributed by atoms with Crippen molar-refractivity contribution in [2.24, 2.45) is 5.73 Å². The first kappa shape index (κ1) is 13.7. The average Bonchev–Trinajstić information content (AvgIpc) is 2.39. The highest BCUT2D eigenvalue weighted by molar-refractivity contribution is 6.31. The van der Waals surface area contributed by atoms with E-state index in [9.17, 15) is 0 Å². The van der Waals surface area contributed by atoms with Crippen LogP contribution in [0.2, 0.25) is 5.02 Å². The summed E-state index contributed by atoms with van der Waals surface area (Å²) < 4.78 is 0. The van der Waals surface area contributed by atoms with Crippen molar-refractivity contribution in [1.82, 2.24) is 0 Å². The number of nitrogens with zero attached hydrogens (tertiary/aromatic N) is 1. The van der Waals surface area contributed by atoms with Gasteiger partial charge >= 0.3 is 0 Å². The summed E-state index contributed by atoms with van der Waals surface area (Å²) in [6.07, 6.45) is 6.41. The Hall–Kier alpha value is -0.730. The molecule has 1 unspecified atom stereocenters. The number of benzene rings is 1. The number of piperidine rings is 1. The lowest BCUT2D eigenvalue weighted by molar-refractivity contribution is 0.434. The number of rotatable bonds is 4. The normalized spacial score (nSPS) is 20.2. The van der Waals surface area contributed by atoms with Crippen LogP contribution in [-0.2, 0) is 6.54 Å². The highest BCUT2D eigenvalue weighted by Gasteiger charge is 2.23. The van der Waals surface area contributed by atoms with Gasteiger partial charge in [0.25, 0.3) is 0 Å². The number of nitrogens with two attached hydrogens (primary N) is 1. The zero-order valence-corrected chi connectivity index (χ0v) is 11.9. The minimum atomic E-state index is 0.518. The predicted octanol–water partition coefficient (Wildman–Crippen LogP) is 3.96. The molecular formula is C15H23ClN2. The zero-order valence-electron chi connectivity index (χ0n) is 11.2. The van der Waals surface area contributed by atoms with Gasteiger partial charge in [0.05, 0.1) is 0 Å². The van der Waals surface area contributed by atoms with Crippen molar-refractivity contribution in [1.29, 1.82) is 0 Å². The molecule has 2 nitrogen and oxygen atoms in total. The van der Waals surface area contributed by atoms with Crippen molar-refractivity contribution in [3.8, 4) is 0 Å². The molecule has 3 heteroatoms. The van der Waals surface area contributed by atoms with Crippen LogP contribution in [0.1, 0.15) is 44.6 Å². The van der Waals surface area contributed by atoms with Gasteiger partial charge in [0, 0.05) is 35.4 Å². The Labute approximate surface area is 115 Å². The molecule has 0 amide bonds. The number of hydrogen-bond donors (Lipinski definition) is 1. The third-order valence-electron chi connectivity index (χ3n) is 3.86. The van der Waals surface area contributed by atoms with Crippen LogP contribution in [0.4, 0.5) is 5.69 Å². The first-order valence-corrected chi connectivity index (χ1v) is 7.39. The van der Waals surface area contributed by atoms with E-state index >= 15 is 0 Å². The summed E-state index contributed by atoms with van der Waals surface area (Å²) in [6.45, 7) is 3.91. The molecule has 1 aliphatic rings. The molecule has 1 aliphatic heterocycles. The predicted molar refractivity (Wildman–Crippen MR) is 79.2 cm³/mol. The van der Waals surface area contributed by atoms with E-state index in [2.05, 4.69) is 17.9 Å². The van der Waals surface area contributed by atoms with E-state index in [0.29, 0.717) is 12.6 Å². The molecule has 2 N–H and O–H groups in total. The second kappa shape index (κ2) is 6.44. The minimum Gasteiger partial charge on any atom is -0.368 e. The monoisotopic (exact) mass is 266 g/mol. The van der Waals surface area contributed by atoms with E-state index < -0.39 is 0 Å². The lowest BCUT2D eigenvalue weighted by Crippen LogP contribution is -2.40. The van der Waals surface area contributed by atoms with Gasteiger partial charge in [0.2, 0.25) is 0 Å². The Kier molecular flexibility index (Phi) is 4.90. The summed E-state index contributed by atoms with van der Waals surface area (Å²) in [7, 11) is 0. The summed E-state index contributed by atoms with van der Waals surface area (Å²) >= 11 is 6.27. The van der Waals surface area contributed by atoms with E-state index in [0.717, 1.165) is 17.1 Å². The van der Waals surface area contributed by atoms with E-state index in [1.807, 2.05) is 12.1 Å². The van der Waals surface area contributed by atoms with Crippen molar-refractivity contribution in [3.63, 3.8) is 0 Å². The Morgan fingerprint density at radius 2 is 2.22 bits per heavy atom. The van der Waals surface area contributed by atoms with E-state index in [-0.39, 0.29) is 0 Å². The van der Waals surface area contributed by atoms with Gasteiger partial charge in [-0.15, -0.1) is 0 Å². The van der Waals surface area contributed by atoms with Crippen molar-refractivity contribution in [2.75, 3.05) is 11.4 Å². The maximum atomic E-state index is 6.27. The number of hydrogen-bond acceptors (Lipinski definition) is 2. The van der Waals surface area contributed by atoms with E-state index in [1.54, 1.807) is 0 Å². The smallest absolute Gasteiger partial charge is 0.0471 e. The molecule has 0 aromatic heterocycles. The maximum Gasteiger partial charge on any atom is 0.0471 e. The van der Waals surface area contributed by atoms with Crippen LogP contribution >= 0.6 is 11.6 Å². The molecule has 0 bridgehead atoms. The largest absolute Gasteiger partial charge is 0.368 e. The van der Waals surface area contributed by atoms with Crippen LogP contribution in [0.25, 0.3) is 0 Å². The van der Waals surface area contributed by atoms with Crippen LogP contribution in [0.3, 0.4) is 0 Å². The van der Waals surface area contributed by atoms with Crippen molar-refractivity contribution in [2.45, 2.75) is 51.6 Å². The maximum absolute atomic E-state index is 6.27. The number of anilines is 1. The molecule has 1 saturated heterocycles. The third kappa shape index (κ3) is 2.81. The Morgan fingerprint density at radius 1 is 1.39 bits per heavy atom. The zero-order chi connectivity index (χ0) is 13.0. The molecule has 0 radical (unpaired) electrons. The summed E-state index contributed by atoms with van der Waals surface area (Å²) in [6, 6.07) is 6.80. The second-order valence-electron chi connectivity index (χ2n) is 5.07. The molecule has 100 valence electrons. The summed E-state index contributed by atoms with van der Waals surface area (Å²) in [5, 5.41) is 0.802. The van der Waals surface area contributed by atoms with E-state index in [1.165, 1.54) is 37.8 Å². The van der Waals surface area contributed by atoms with Crippen LogP contribution in [0.15, 0.2) is 18.2 Å². The molecule has 1 aromatic carbocycles. The molecule has 0 aliphatic carbocycles. The van der Waals surface area contributed by atoms with Gasteiger partial charge in [-0.05, 0) is 37.8 Å². The molecule has 1 atom stereocenters. The van der Waals surface area contributed by atoms with Gasteiger partial charge in [0.15, 0.2) is 0 Å². The molecule has 0 spiro atoms. The lowest BCUT2D eigenvalue weighted by atomic mass is 9.96. The van der Waals surface area contributed by atoms with Gasteiger partial charge < -0.3 is 10.6 Å².